The van der Waals surface area contributed by atoms with Crippen molar-refractivity contribution in [2.24, 2.45) is 0 Å². The Balaban J connectivity index is 1.51. The maximum atomic E-state index is 6.67. The highest BCUT2D eigenvalue weighted by molar-refractivity contribution is 7.73. The summed E-state index contributed by atoms with van der Waals surface area (Å²) in [7, 11) is 2.00. The second-order valence-corrected chi connectivity index (χ2v) is 14.4. The van der Waals surface area contributed by atoms with Gasteiger partial charge in [-0.05, 0) is 52.4 Å². The van der Waals surface area contributed by atoms with Crippen molar-refractivity contribution >= 4 is 37.1 Å². The van der Waals surface area contributed by atoms with Gasteiger partial charge in [-0.25, -0.2) is 0 Å². The highest BCUT2D eigenvalue weighted by atomic mass is 31.1. The van der Waals surface area contributed by atoms with Crippen molar-refractivity contribution in [3.63, 3.8) is 0 Å². The molecule has 0 radical (unpaired) electrons. The third kappa shape index (κ3) is 6.53. The first kappa shape index (κ1) is 27.8. The summed E-state index contributed by atoms with van der Waals surface area (Å²) < 4.78 is 25.0. The maximum absolute atomic E-state index is 6.67. The van der Waals surface area contributed by atoms with Crippen molar-refractivity contribution < 1.29 is 18.9 Å². The van der Waals surface area contributed by atoms with Gasteiger partial charge >= 0.3 is 0 Å². The smallest absolute Gasteiger partial charge is 0.163 e. The van der Waals surface area contributed by atoms with E-state index < -0.39 is 21.6 Å². The van der Waals surface area contributed by atoms with Gasteiger partial charge < -0.3 is 18.9 Å². The summed E-state index contributed by atoms with van der Waals surface area (Å²) in [4.78, 5) is 0. The van der Waals surface area contributed by atoms with Crippen molar-refractivity contribution in [2.75, 3.05) is 26.5 Å². The summed E-state index contributed by atoms with van der Waals surface area (Å²) in [5, 5.41) is 5.06. The Morgan fingerprint density at radius 2 is 0.923 bits per heavy atom. The Labute approximate surface area is 234 Å². The van der Waals surface area contributed by atoms with Crippen molar-refractivity contribution in [1.82, 2.24) is 0 Å². The topological polar surface area (TPSA) is 36.9 Å². The highest BCUT2D eigenvalue weighted by Crippen LogP contribution is 2.46. The molecule has 4 nitrogen and oxygen atoms in total. The Kier molecular flexibility index (Phi) is 9.00. The molecule has 1 saturated heterocycles. The molecule has 1 aliphatic heterocycles. The van der Waals surface area contributed by atoms with Crippen LogP contribution in [0.1, 0.15) is 13.8 Å². The van der Waals surface area contributed by atoms with E-state index in [0.717, 1.165) is 23.8 Å². The zero-order valence-electron chi connectivity index (χ0n) is 23.0. The molecule has 1 heterocycles. The normalized spacial score (nSPS) is 19.8. The third-order valence-corrected chi connectivity index (χ3v) is 12.1. The van der Waals surface area contributed by atoms with E-state index in [4.69, 9.17) is 18.9 Å². The number of hydrogen-bond acceptors (Lipinski definition) is 4. The Morgan fingerprint density at radius 1 is 0.564 bits per heavy atom. The largest absolute Gasteiger partial charge is 0.496 e. The number of ether oxygens (including phenoxy) is 4. The predicted octanol–water partition coefficient (Wildman–Crippen LogP) is 5.79. The minimum absolute atomic E-state index is 0.0698. The van der Waals surface area contributed by atoms with Gasteiger partial charge in [-0.3, -0.25) is 0 Å². The summed E-state index contributed by atoms with van der Waals surface area (Å²) in [6.45, 7) is 4.06. The summed E-state index contributed by atoms with van der Waals surface area (Å²) in [6.07, 6.45) is 1.55. The van der Waals surface area contributed by atoms with Gasteiger partial charge in [0, 0.05) is 22.9 Å². The average Bonchev–Trinajstić information content (AvgIpc) is 3.27. The van der Waals surface area contributed by atoms with E-state index in [0.29, 0.717) is 0 Å². The molecule has 4 aromatic carbocycles. The van der Waals surface area contributed by atoms with E-state index in [1.165, 1.54) is 21.2 Å². The Hall–Kier alpha value is -2.74. The summed E-state index contributed by atoms with van der Waals surface area (Å²) >= 11 is 0. The van der Waals surface area contributed by atoms with Crippen LogP contribution in [0, 0.1) is 0 Å². The first-order valence-electron chi connectivity index (χ1n) is 13.3. The Bertz CT molecular complexity index is 1240. The van der Waals surface area contributed by atoms with Crippen LogP contribution in [0.5, 0.6) is 11.5 Å². The molecule has 4 aromatic rings. The standard InChI is InChI=1S/C33H36O4P2/c1-33(2)36-29(23-38(25-15-7-5-8-16-25)31-21-13-11-19-27(31)34-3)30(37-33)24-39(26-17-9-6-10-18-26)32-22-14-12-20-28(32)35-4/h5-22,29-30H,23-24H2,1-4H3/t29-,30-,38-,39-/m0/s1. The lowest BCUT2D eigenvalue weighted by Crippen LogP contribution is -2.34. The van der Waals surface area contributed by atoms with E-state index >= 15 is 0 Å². The molecule has 0 amide bonds. The molecule has 0 N–H and O–H groups in total. The van der Waals surface area contributed by atoms with Crippen LogP contribution in [-0.2, 0) is 9.47 Å². The van der Waals surface area contributed by atoms with Gasteiger partial charge in [0.05, 0.1) is 26.4 Å². The minimum atomic E-state index is -0.747. The van der Waals surface area contributed by atoms with Gasteiger partial charge in [0.15, 0.2) is 5.79 Å². The van der Waals surface area contributed by atoms with Gasteiger partial charge in [0.2, 0.25) is 0 Å². The SMILES string of the molecule is COc1ccccc1[P@@](C[C@@H]1OC(C)(C)O[C@H]1C[P@@](c1ccccc1)c1ccccc1OC)c1ccccc1. The molecule has 0 aromatic heterocycles. The molecule has 39 heavy (non-hydrogen) atoms. The van der Waals surface area contributed by atoms with Gasteiger partial charge in [-0.1, -0.05) is 97.1 Å². The van der Waals surface area contributed by atoms with Crippen molar-refractivity contribution in [3.05, 3.63) is 109 Å². The lowest BCUT2D eigenvalue weighted by molar-refractivity contribution is -0.142. The molecule has 202 valence electrons. The minimum Gasteiger partial charge on any atom is -0.496 e. The fraction of sp³-hybridized carbons (Fsp3) is 0.273. The van der Waals surface area contributed by atoms with E-state index in [-0.39, 0.29) is 12.2 Å². The van der Waals surface area contributed by atoms with E-state index in [2.05, 4.69) is 97.1 Å². The molecule has 5 rings (SSSR count). The fourth-order valence-corrected chi connectivity index (χ4v) is 10.4. The summed E-state index contributed by atoms with van der Waals surface area (Å²) in [6, 6.07) is 38.2. The zero-order chi connectivity index (χ0) is 27.2. The molecule has 1 fully saturated rings. The first-order valence-corrected chi connectivity index (χ1v) is 16.3. The van der Waals surface area contributed by atoms with E-state index in [1.807, 2.05) is 26.0 Å². The highest BCUT2D eigenvalue weighted by Gasteiger charge is 2.44. The number of para-hydroxylation sites is 2. The molecule has 0 saturated carbocycles. The van der Waals surface area contributed by atoms with Crippen LogP contribution < -0.4 is 30.7 Å². The molecular formula is C33H36O4P2. The lowest BCUT2D eigenvalue weighted by Gasteiger charge is -2.28. The van der Waals surface area contributed by atoms with Crippen LogP contribution in [0.2, 0.25) is 0 Å². The Morgan fingerprint density at radius 3 is 1.31 bits per heavy atom. The molecule has 0 spiro atoms. The van der Waals surface area contributed by atoms with Crippen LogP contribution in [0.15, 0.2) is 109 Å². The quantitative estimate of drug-likeness (QED) is 0.231. The maximum Gasteiger partial charge on any atom is 0.163 e. The first-order chi connectivity index (χ1) is 19.0. The molecule has 6 heteroatoms. The molecule has 0 aliphatic carbocycles. The average molecular weight is 559 g/mol. The van der Waals surface area contributed by atoms with Crippen LogP contribution in [0.25, 0.3) is 0 Å². The third-order valence-electron chi connectivity index (χ3n) is 6.90. The van der Waals surface area contributed by atoms with Crippen LogP contribution in [0.3, 0.4) is 0 Å². The van der Waals surface area contributed by atoms with Crippen LogP contribution in [0.4, 0.5) is 0 Å². The molecule has 1 aliphatic rings. The molecular weight excluding hydrogens is 522 g/mol. The zero-order valence-corrected chi connectivity index (χ0v) is 24.8. The predicted molar refractivity (Wildman–Crippen MR) is 165 cm³/mol. The van der Waals surface area contributed by atoms with E-state index in [1.54, 1.807) is 14.2 Å². The van der Waals surface area contributed by atoms with Gasteiger partial charge in [-0.2, -0.15) is 0 Å². The molecule has 4 atom stereocenters. The van der Waals surface area contributed by atoms with Crippen LogP contribution >= 0.6 is 15.8 Å². The van der Waals surface area contributed by atoms with Crippen molar-refractivity contribution in [2.45, 2.75) is 31.8 Å². The second kappa shape index (κ2) is 12.6. The van der Waals surface area contributed by atoms with Crippen LogP contribution in [-0.4, -0.2) is 44.5 Å². The monoisotopic (exact) mass is 558 g/mol. The fourth-order valence-electron chi connectivity index (χ4n) is 5.19. The van der Waals surface area contributed by atoms with Crippen molar-refractivity contribution in [3.8, 4) is 11.5 Å². The van der Waals surface area contributed by atoms with Gasteiger partial charge in [0.25, 0.3) is 0 Å². The number of rotatable bonds is 10. The number of methoxy groups -OCH3 is 2. The number of benzene rings is 4. The van der Waals surface area contributed by atoms with E-state index in [9.17, 15) is 0 Å². The van der Waals surface area contributed by atoms with Gasteiger partial charge in [-0.15, -0.1) is 0 Å². The molecule has 0 bridgehead atoms. The summed E-state index contributed by atoms with van der Waals surface area (Å²) in [5.74, 6) is 1.18. The molecule has 0 unspecified atom stereocenters. The number of hydrogen-bond donors (Lipinski definition) is 0. The van der Waals surface area contributed by atoms with Gasteiger partial charge in [0.1, 0.15) is 11.5 Å². The van der Waals surface area contributed by atoms with Crippen molar-refractivity contribution in [1.29, 1.82) is 0 Å². The second-order valence-electron chi connectivity index (χ2n) is 9.95. The lowest BCUT2D eigenvalue weighted by atomic mass is 10.3. The summed E-state index contributed by atoms with van der Waals surface area (Å²) in [5.41, 5.74) is 0.